The number of carbonyl (C=O) groups excluding carboxylic acids is 3. The molecule has 3 aromatic rings. The van der Waals surface area contributed by atoms with Gasteiger partial charge in [-0.3, -0.25) is 9.59 Å². The van der Waals surface area contributed by atoms with E-state index in [1.54, 1.807) is 24.3 Å². The van der Waals surface area contributed by atoms with Crippen LogP contribution in [0.1, 0.15) is 39.6 Å². The standard InChI is InChI=1S/C25H25NO5/c1-17(27)26-13-5-6-18-9-11-19(12-10-18)23(28)16-31-25(29)22-14-20-7-3-4-8-21(20)15-24(22)30-2/h3-4,7-12,14-15H,5-6,13,16H2,1-2H3,(H,26,27). The fourth-order valence-electron chi connectivity index (χ4n) is 3.25. The number of ether oxygens (including phenoxy) is 2. The summed E-state index contributed by atoms with van der Waals surface area (Å²) in [6.07, 6.45) is 1.61. The fraction of sp³-hybridized carbons (Fsp3) is 0.240. The minimum Gasteiger partial charge on any atom is -0.496 e. The Morgan fingerprint density at radius 2 is 1.61 bits per heavy atom. The monoisotopic (exact) mass is 419 g/mol. The molecular weight excluding hydrogens is 394 g/mol. The molecule has 0 unspecified atom stereocenters. The maximum atomic E-state index is 12.6. The number of hydrogen-bond donors (Lipinski definition) is 1. The highest BCUT2D eigenvalue weighted by Gasteiger charge is 2.17. The smallest absolute Gasteiger partial charge is 0.342 e. The summed E-state index contributed by atoms with van der Waals surface area (Å²) in [6, 6.07) is 18.3. The second kappa shape index (κ2) is 10.4. The van der Waals surface area contributed by atoms with Crippen LogP contribution in [-0.2, 0) is 16.0 Å². The third-order valence-corrected chi connectivity index (χ3v) is 4.91. The molecule has 0 saturated carbocycles. The summed E-state index contributed by atoms with van der Waals surface area (Å²) in [4.78, 5) is 35.9. The molecule has 3 rings (SSSR count). The quantitative estimate of drug-likeness (QED) is 0.323. The second-order valence-electron chi connectivity index (χ2n) is 7.18. The molecule has 160 valence electrons. The average molecular weight is 419 g/mol. The van der Waals surface area contributed by atoms with Gasteiger partial charge in [0.05, 0.1) is 7.11 Å². The Labute approximate surface area is 181 Å². The normalized spacial score (nSPS) is 10.5. The number of rotatable bonds is 9. The van der Waals surface area contributed by atoms with Crippen LogP contribution in [0.3, 0.4) is 0 Å². The zero-order valence-corrected chi connectivity index (χ0v) is 17.6. The van der Waals surface area contributed by atoms with Crippen LogP contribution < -0.4 is 10.1 Å². The first kappa shape index (κ1) is 22.0. The lowest BCUT2D eigenvalue weighted by Gasteiger charge is -2.10. The molecule has 0 spiro atoms. The summed E-state index contributed by atoms with van der Waals surface area (Å²) >= 11 is 0. The predicted octanol–water partition coefficient (Wildman–Crippen LogP) is 3.96. The number of nitrogens with one attached hydrogen (secondary N) is 1. The van der Waals surface area contributed by atoms with Gasteiger partial charge in [0.15, 0.2) is 12.4 Å². The maximum absolute atomic E-state index is 12.6. The Kier molecular flexibility index (Phi) is 7.38. The fourth-order valence-corrected chi connectivity index (χ4v) is 3.25. The van der Waals surface area contributed by atoms with Gasteiger partial charge in [-0.25, -0.2) is 4.79 Å². The van der Waals surface area contributed by atoms with Gasteiger partial charge in [-0.1, -0.05) is 48.5 Å². The lowest BCUT2D eigenvalue weighted by molar-refractivity contribution is -0.118. The minimum absolute atomic E-state index is 0.0446. The van der Waals surface area contributed by atoms with Crippen molar-refractivity contribution in [2.24, 2.45) is 0 Å². The van der Waals surface area contributed by atoms with Crippen molar-refractivity contribution in [3.8, 4) is 5.75 Å². The topological polar surface area (TPSA) is 81.7 Å². The lowest BCUT2D eigenvalue weighted by Crippen LogP contribution is -2.21. The Bertz CT molecular complexity index is 1090. The molecule has 0 aliphatic heterocycles. The van der Waals surface area contributed by atoms with E-state index in [-0.39, 0.29) is 23.9 Å². The van der Waals surface area contributed by atoms with Gasteiger partial charge in [-0.05, 0) is 41.3 Å². The van der Waals surface area contributed by atoms with Gasteiger partial charge in [0, 0.05) is 19.0 Å². The SMILES string of the molecule is COc1cc2ccccc2cc1C(=O)OCC(=O)c1ccc(CCCNC(C)=O)cc1. The summed E-state index contributed by atoms with van der Waals surface area (Å²) < 4.78 is 10.6. The first-order valence-electron chi connectivity index (χ1n) is 10.1. The number of methoxy groups -OCH3 is 1. The molecule has 6 heteroatoms. The van der Waals surface area contributed by atoms with Crippen molar-refractivity contribution in [2.45, 2.75) is 19.8 Å². The molecule has 6 nitrogen and oxygen atoms in total. The summed E-state index contributed by atoms with van der Waals surface area (Å²) in [7, 11) is 1.49. The van der Waals surface area contributed by atoms with Gasteiger partial charge < -0.3 is 14.8 Å². The number of Topliss-reactive ketones (excluding diaryl/α,β-unsaturated/α-hetero) is 1. The van der Waals surface area contributed by atoms with Gasteiger partial charge in [0.1, 0.15) is 11.3 Å². The Morgan fingerprint density at radius 1 is 0.935 bits per heavy atom. The zero-order valence-electron chi connectivity index (χ0n) is 17.6. The molecule has 3 aromatic carbocycles. The van der Waals surface area contributed by atoms with E-state index in [1.165, 1.54) is 14.0 Å². The van der Waals surface area contributed by atoms with E-state index in [4.69, 9.17) is 9.47 Å². The average Bonchev–Trinajstić information content (AvgIpc) is 2.79. The van der Waals surface area contributed by atoms with E-state index in [0.29, 0.717) is 17.9 Å². The van der Waals surface area contributed by atoms with E-state index in [1.807, 2.05) is 36.4 Å². The number of carbonyl (C=O) groups is 3. The van der Waals surface area contributed by atoms with E-state index in [2.05, 4.69) is 5.32 Å². The van der Waals surface area contributed by atoms with Gasteiger partial charge in [0.25, 0.3) is 0 Å². The summed E-state index contributed by atoms with van der Waals surface area (Å²) in [6.45, 7) is 1.75. The van der Waals surface area contributed by atoms with Crippen LogP contribution in [0, 0.1) is 0 Å². The van der Waals surface area contributed by atoms with Gasteiger partial charge in [-0.15, -0.1) is 0 Å². The third-order valence-electron chi connectivity index (χ3n) is 4.91. The largest absolute Gasteiger partial charge is 0.496 e. The van der Waals surface area contributed by atoms with E-state index < -0.39 is 5.97 Å². The van der Waals surface area contributed by atoms with E-state index in [9.17, 15) is 14.4 Å². The second-order valence-corrected chi connectivity index (χ2v) is 7.18. The maximum Gasteiger partial charge on any atom is 0.342 e. The van der Waals surface area contributed by atoms with Crippen LogP contribution in [-0.4, -0.2) is 37.9 Å². The van der Waals surface area contributed by atoms with Crippen molar-refractivity contribution in [3.63, 3.8) is 0 Å². The molecule has 1 amide bonds. The minimum atomic E-state index is -0.606. The molecule has 0 bridgehead atoms. The Balaban J connectivity index is 1.58. The highest BCUT2D eigenvalue weighted by atomic mass is 16.5. The number of aryl methyl sites for hydroxylation is 1. The first-order valence-corrected chi connectivity index (χ1v) is 10.1. The van der Waals surface area contributed by atoms with Crippen molar-refractivity contribution in [1.29, 1.82) is 0 Å². The Hall–Kier alpha value is -3.67. The zero-order chi connectivity index (χ0) is 22.2. The van der Waals surface area contributed by atoms with Crippen LogP contribution in [0.25, 0.3) is 10.8 Å². The predicted molar refractivity (Wildman–Crippen MR) is 119 cm³/mol. The van der Waals surface area contributed by atoms with Crippen molar-refractivity contribution in [1.82, 2.24) is 5.32 Å². The molecule has 0 heterocycles. The van der Waals surface area contributed by atoms with Crippen LogP contribution in [0.5, 0.6) is 5.75 Å². The number of ketones is 1. The van der Waals surface area contributed by atoms with Gasteiger partial charge in [0.2, 0.25) is 5.91 Å². The number of benzene rings is 3. The van der Waals surface area contributed by atoms with Gasteiger partial charge in [-0.2, -0.15) is 0 Å². The van der Waals surface area contributed by atoms with Crippen LogP contribution in [0.4, 0.5) is 0 Å². The first-order chi connectivity index (χ1) is 15.0. The van der Waals surface area contributed by atoms with Crippen molar-refractivity contribution < 1.29 is 23.9 Å². The molecule has 0 radical (unpaired) electrons. The molecule has 0 saturated heterocycles. The molecule has 0 aromatic heterocycles. The summed E-state index contributed by atoms with van der Waals surface area (Å²) in [5.74, 6) is -0.528. The van der Waals surface area contributed by atoms with E-state index in [0.717, 1.165) is 29.2 Å². The number of hydrogen-bond acceptors (Lipinski definition) is 5. The molecule has 31 heavy (non-hydrogen) atoms. The van der Waals surface area contributed by atoms with Crippen LogP contribution >= 0.6 is 0 Å². The number of fused-ring (bicyclic) bond motifs is 1. The molecular formula is C25H25NO5. The summed E-state index contributed by atoms with van der Waals surface area (Å²) in [5, 5.41) is 4.59. The van der Waals surface area contributed by atoms with E-state index >= 15 is 0 Å². The van der Waals surface area contributed by atoms with Gasteiger partial charge >= 0.3 is 5.97 Å². The number of esters is 1. The Morgan fingerprint density at radius 3 is 2.26 bits per heavy atom. The molecule has 0 fully saturated rings. The van der Waals surface area contributed by atoms with Crippen molar-refractivity contribution >= 4 is 28.4 Å². The van der Waals surface area contributed by atoms with Crippen LogP contribution in [0.15, 0.2) is 60.7 Å². The van der Waals surface area contributed by atoms with Crippen molar-refractivity contribution in [3.05, 3.63) is 77.4 Å². The summed E-state index contributed by atoms with van der Waals surface area (Å²) in [5.41, 5.74) is 1.83. The molecule has 0 aliphatic carbocycles. The lowest BCUT2D eigenvalue weighted by atomic mass is 10.0. The van der Waals surface area contributed by atoms with Crippen molar-refractivity contribution in [2.75, 3.05) is 20.3 Å². The number of amides is 1. The molecule has 0 aliphatic rings. The third kappa shape index (κ3) is 5.92. The highest BCUT2D eigenvalue weighted by Crippen LogP contribution is 2.26. The van der Waals surface area contributed by atoms with Crippen LogP contribution in [0.2, 0.25) is 0 Å². The highest BCUT2D eigenvalue weighted by molar-refractivity contribution is 6.02. The molecule has 0 atom stereocenters. The molecule has 1 N–H and O–H groups in total.